The molecule has 0 bridgehead atoms. The number of amides is 2. The Kier molecular flexibility index (Phi) is 7.52. The van der Waals surface area contributed by atoms with Crippen LogP contribution < -0.4 is 9.64 Å². The van der Waals surface area contributed by atoms with E-state index in [1.54, 1.807) is 36.4 Å². The van der Waals surface area contributed by atoms with Crippen LogP contribution in [0.4, 0.5) is 5.69 Å². The average Bonchev–Trinajstić information content (AvgIpc) is 3.39. The van der Waals surface area contributed by atoms with Crippen LogP contribution in [0.1, 0.15) is 35.4 Å². The van der Waals surface area contributed by atoms with E-state index in [2.05, 4.69) is 15.9 Å². The number of carbonyl (C=O) groups is 4. The van der Waals surface area contributed by atoms with E-state index < -0.39 is 35.0 Å². The molecule has 1 saturated carbocycles. The SMILES string of the molecule is COc1cc(Br)cc(C2C3=CCC4C(=O)N(c5ccccc5)C(=O)C4C3CC3C(=O)C(c4ccccc4)=CC(=O)C32c2ccccc2)c1O. The lowest BCUT2D eigenvalue weighted by Gasteiger charge is -2.55. The highest BCUT2D eigenvalue weighted by atomic mass is 79.9. The number of rotatable bonds is 5. The smallest absolute Gasteiger partial charge is 0.238 e. The first-order chi connectivity index (χ1) is 23.8. The molecule has 2 amide bonds. The topological polar surface area (TPSA) is 101 Å². The van der Waals surface area contributed by atoms with Gasteiger partial charge in [-0.2, -0.15) is 0 Å². The predicted molar refractivity (Wildman–Crippen MR) is 188 cm³/mol. The molecule has 7 nitrogen and oxygen atoms in total. The summed E-state index contributed by atoms with van der Waals surface area (Å²) in [6, 6.07) is 30.8. The molecular formula is C41H32BrNO6. The maximum atomic E-state index is 15.2. The highest BCUT2D eigenvalue weighted by Crippen LogP contribution is 2.65. The number of allylic oxidation sites excluding steroid dienone is 4. The van der Waals surface area contributed by atoms with Crippen molar-refractivity contribution in [1.82, 2.24) is 0 Å². The molecule has 4 aliphatic rings. The van der Waals surface area contributed by atoms with Crippen LogP contribution in [-0.2, 0) is 24.6 Å². The average molecular weight is 715 g/mol. The fraction of sp³-hybridized carbons (Fsp3) is 0.220. The Balaban J connectivity index is 1.40. The van der Waals surface area contributed by atoms with E-state index in [1.807, 2.05) is 72.8 Å². The number of ether oxygens (including phenoxy) is 1. The van der Waals surface area contributed by atoms with Gasteiger partial charge in [-0.15, -0.1) is 0 Å². The number of fused-ring (bicyclic) bond motifs is 4. The number of Topliss-reactive ketones (excluding diaryl/α,β-unsaturated/α-hetero) is 1. The fourth-order valence-electron chi connectivity index (χ4n) is 9.02. The molecule has 4 aromatic rings. The van der Waals surface area contributed by atoms with Gasteiger partial charge in [-0.25, -0.2) is 0 Å². The fourth-order valence-corrected chi connectivity index (χ4v) is 9.47. The Morgan fingerprint density at radius 3 is 2.16 bits per heavy atom. The number of phenolic OH excluding ortho intramolecular Hbond substituents is 1. The van der Waals surface area contributed by atoms with Gasteiger partial charge in [-0.1, -0.05) is 106 Å². The lowest BCUT2D eigenvalue weighted by atomic mass is 9.44. The van der Waals surface area contributed by atoms with Crippen molar-refractivity contribution in [2.45, 2.75) is 24.2 Å². The maximum Gasteiger partial charge on any atom is 0.238 e. The van der Waals surface area contributed by atoms with Gasteiger partial charge in [0.2, 0.25) is 11.8 Å². The molecule has 0 radical (unpaired) electrons. The van der Waals surface area contributed by atoms with Gasteiger partial charge in [0.1, 0.15) is 0 Å². The summed E-state index contributed by atoms with van der Waals surface area (Å²) < 4.78 is 6.20. The van der Waals surface area contributed by atoms with Crippen molar-refractivity contribution in [2.24, 2.45) is 23.7 Å². The van der Waals surface area contributed by atoms with Crippen molar-refractivity contribution in [1.29, 1.82) is 0 Å². The maximum absolute atomic E-state index is 15.2. The zero-order chi connectivity index (χ0) is 34.0. The molecular weight excluding hydrogens is 682 g/mol. The summed E-state index contributed by atoms with van der Waals surface area (Å²) in [6.07, 6.45) is 3.92. The Morgan fingerprint density at radius 2 is 1.49 bits per heavy atom. The lowest BCUT2D eigenvalue weighted by molar-refractivity contribution is -0.135. The molecule has 1 saturated heterocycles. The van der Waals surface area contributed by atoms with Crippen molar-refractivity contribution in [3.63, 3.8) is 0 Å². The number of aromatic hydroxyl groups is 1. The highest BCUT2D eigenvalue weighted by Gasteiger charge is 2.66. The van der Waals surface area contributed by atoms with Crippen LogP contribution in [0.25, 0.3) is 5.57 Å². The van der Waals surface area contributed by atoms with Gasteiger partial charge in [-0.3, -0.25) is 24.1 Å². The summed E-state index contributed by atoms with van der Waals surface area (Å²) in [5.74, 6) is -4.66. The summed E-state index contributed by atoms with van der Waals surface area (Å²) in [5.41, 5.74) is 1.82. The van der Waals surface area contributed by atoms with Gasteiger partial charge in [0, 0.05) is 27.4 Å². The number of halogens is 1. The largest absolute Gasteiger partial charge is 0.504 e. The van der Waals surface area contributed by atoms with Crippen molar-refractivity contribution >= 4 is 50.6 Å². The van der Waals surface area contributed by atoms with E-state index in [1.165, 1.54) is 18.1 Å². The van der Waals surface area contributed by atoms with Crippen LogP contribution in [0, 0.1) is 23.7 Å². The summed E-state index contributed by atoms with van der Waals surface area (Å²) in [4.78, 5) is 59.9. The standard InChI is InChI=1S/C41H32BrNO6/c1-49-33-20-25(42)19-31(38(33)46)36-27-17-18-28-35(40(48)43(39(28)47)26-15-9-4-10-16-26)30(27)21-32-37(45)29(23-11-5-2-6-12-23)22-34(44)41(32,36)24-13-7-3-8-14-24/h2-17,19-20,22,28,30,32,35-36,46H,18,21H2,1H3. The van der Waals surface area contributed by atoms with Crippen molar-refractivity contribution in [2.75, 3.05) is 12.0 Å². The van der Waals surface area contributed by atoms with Crippen LogP contribution in [-0.4, -0.2) is 35.6 Å². The van der Waals surface area contributed by atoms with E-state index >= 15 is 9.59 Å². The van der Waals surface area contributed by atoms with E-state index in [9.17, 15) is 14.7 Å². The lowest BCUT2D eigenvalue weighted by Crippen LogP contribution is -2.58. The molecule has 2 fully saturated rings. The number of hydrogen-bond donors (Lipinski definition) is 1. The van der Waals surface area contributed by atoms with Gasteiger partial charge in [0.05, 0.1) is 30.0 Å². The number of methoxy groups -OCH3 is 1. The molecule has 0 spiro atoms. The van der Waals surface area contributed by atoms with Gasteiger partial charge in [0.25, 0.3) is 0 Å². The Morgan fingerprint density at radius 1 is 0.837 bits per heavy atom. The second-order valence-electron chi connectivity index (χ2n) is 13.2. The number of para-hydroxylation sites is 1. The monoisotopic (exact) mass is 713 g/mol. The second kappa shape index (κ2) is 11.8. The summed E-state index contributed by atoms with van der Waals surface area (Å²) >= 11 is 3.59. The van der Waals surface area contributed by atoms with Gasteiger partial charge in [0.15, 0.2) is 23.1 Å². The molecule has 6 unspecified atom stereocenters. The molecule has 49 heavy (non-hydrogen) atoms. The number of phenols is 1. The van der Waals surface area contributed by atoms with Gasteiger partial charge in [-0.05, 0) is 60.2 Å². The quantitative estimate of drug-likeness (QED) is 0.174. The normalized spacial score (nSPS) is 27.6. The Bertz CT molecular complexity index is 2090. The number of hydrogen-bond acceptors (Lipinski definition) is 6. The molecule has 4 aromatic carbocycles. The highest BCUT2D eigenvalue weighted by molar-refractivity contribution is 9.10. The van der Waals surface area contributed by atoms with E-state index in [0.29, 0.717) is 32.4 Å². The molecule has 1 heterocycles. The second-order valence-corrected chi connectivity index (χ2v) is 14.1. The summed E-state index contributed by atoms with van der Waals surface area (Å²) in [6.45, 7) is 0. The number of carbonyl (C=O) groups excluding carboxylic acids is 4. The zero-order valence-electron chi connectivity index (χ0n) is 26.6. The minimum absolute atomic E-state index is 0.147. The minimum atomic E-state index is -1.46. The first-order valence-corrected chi connectivity index (χ1v) is 17.2. The molecule has 1 aliphatic heterocycles. The zero-order valence-corrected chi connectivity index (χ0v) is 28.2. The van der Waals surface area contributed by atoms with Crippen molar-refractivity contribution in [3.8, 4) is 11.5 Å². The summed E-state index contributed by atoms with van der Waals surface area (Å²) in [7, 11) is 1.46. The van der Waals surface area contributed by atoms with E-state index in [-0.39, 0.29) is 47.7 Å². The van der Waals surface area contributed by atoms with Crippen molar-refractivity contribution in [3.05, 3.63) is 142 Å². The van der Waals surface area contributed by atoms with Crippen LogP contribution in [0.2, 0.25) is 0 Å². The van der Waals surface area contributed by atoms with E-state index in [4.69, 9.17) is 4.74 Å². The van der Waals surface area contributed by atoms with Gasteiger partial charge < -0.3 is 9.84 Å². The minimum Gasteiger partial charge on any atom is -0.504 e. The molecule has 8 heteroatoms. The molecule has 6 atom stereocenters. The molecule has 8 rings (SSSR count). The number of nitrogens with zero attached hydrogens (tertiary/aromatic N) is 1. The number of anilines is 1. The summed E-state index contributed by atoms with van der Waals surface area (Å²) in [5, 5.41) is 11.8. The first kappa shape index (κ1) is 31.2. The third kappa shape index (κ3) is 4.53. The third-order valence-electron chi connectivity index (χ3n) is 11.0. The molecule has 3 aliphatic carbocycles. The number of ketones is 2. The van der Waals surface area contributed by atoms with E-state index in [0.717, 1.165) is 5.57 Å². The van der Waals surface area contributed by atoms with Gasteiger partial charge >= 0.3 is 0 Å². The predicted octanol–water partition coefficient (Wildman–Crippen LogP) is 7.19. The van der Waals surface area contributed by atoms with Crippen LogP contribution in [0.5, 0.6) is 11.5 Å². The Hall–Kier alpha value is -5.08. The van der Waals surface area contributed by atoms with Crippen LogP contribution in [0.15, 0.2) is 125 Å². The Labute approximate surface area is 292 Å². The molecule has 244 valence electrons. The van der Waals surface area contributed by atoms with Crippen LogP contribution in [0.3, 0.4) is 0 Å². The number of benzene rings is 4. The number of imide groups is 1. The molecule has 0 aromatic heterocycles. The van der Waals surface area contributed by atoms with Crippen molar-refractivity contribution < 1.29 is 29.0 Å². The third-order valence-corrected chi connectivity index (χ3v) is 11.4. The first-order valence-electron chi connectivity index (χ1n) is 16.4. The molecule has 1 N–H and O–H groups in total. The van der Waals surface area contributed by atoms with Crippen LogP contribution >= 0.6 is 15.9 Å².